The molecule has 2 aliphatic heterocycles. The number of para-hydroxylation sites is 1. The Morgan fingerprint density at radius 3 is 2.56 bits per heavy atom. The van der Waals surface area contributed by atoms with Crippen LogP contribution < -0.4 is 4.90 Å². The van der Waals surface area contributed by atoms with E-state index in [4.69, 9.17) is 0 Å². The van der Waals surface area contributed by atoms with Crippen molar-refractivity contribution >= 4 is 17.5 Å². The zero-order valence-electron chi connectivity index (χ0n) is 20.9. The van der Waals surface area contributed by atoms with Gasteiger partial charge >= 0.3 is 0 Å². The molecule has 3 heterocycles. The molecule has 0 spiro atoms. The van der Waals surface area contributed by atoms with Crippen LogP contribution in [0.25, 0.3) is 0 Å². The molecule has 1 saturated heterocycles. The van der Waals surface area contributed by atoms with Crippen molar-refractivity contribution in [2.45, 2.75) is 77.4 Å². The molecule has 0 saturated carbocycles. The molecule has 7 heteroatoms. The first-order chi connectivity index (χ1) is 16.5. The van der Waals surface area contributed by atoms with Gasteiger partial charge in [0, 0.05) is 69.2 Å². The van der Waals surface area contributed by atoms with Gasteiger partial charge in [0.2, 0.25) is 11.8 Å². The Labute approximate surface area is 203 Å². The number of benzene rings is 1. The van der Waals surface area contributed by atoms with Crippen LogP contribution in [0.5, 0.6) is 0 Å². The molecule has 0 N–H and O–H groups in total. The van der Waals surface area contributed by atoms with E-state index in [0.717, 1.165) is 55.8 Å². The molecular formula is C27H39N5O2. The maximum Gasteiger partial charge on any atom is 0.226 e. The van der Waals surface area contributed by atoms with Crippen LogP contribution in [0.4, 0.5) is 5.69 Å². The maximum absolute atomic E-state index is 13.6. The molecule has 1 aromatic carbocycles. The number of hydrogen-bond donors (Lipinski definition) is 0. The lowest BCUT2D eigenvalue weighted by Crippen LogP contribution is -2.52. The van der Waals surface area contributed by atoms with E-state index < -0.39 is 0 Å². The molecule has 4 rings (SSSR count). The van der Waals surface area contributed by atoms with Gasteiger partial charge in [-0.15, -0.1) is 0 Å². The predicted octanol–water partition coefficient (Wildman–Crippen LogP) is 3.77. The number of nitrogens with zero attached hydrogens (tertiary/aromatic N) is 5. The molecule has 2 aliphatic rings. The van der Waals surface area contributed by atoms with Crippen LogP contribution in [-0.2, 0) is 29.6 Å². The number of likely N-dealkylation sites (N-methyl/N-ethyl adjacent to an activating group) is 1. The van der Waals surface area contributed by atoms with E-state index in [1.54, 1.807) is 6.20 Å². The van der Waals surface area contributed by atoms with Crippen molar-refractivity contribution in [3.63, 3.8) is 0 Å². The quantitative estimate of drug-likeness (QED) is 0.674. The van der Waals surface area contributed by atoms with Crippen LogP contribution in [0, 0.1) is 0 Å². The average molecular weight is 466 g/mol. The molecule has 2 amide bonds. The Balaban J connectivity index is 1.66. The molecule has 184 valence electrons. The highest BCUT2D eigenvalue weighted by Crippen LogP contribution is 2.30. The number of hydrogen-bond acceptors (Lipinski definition) is 4. The number of anilines is 1. The molecule has 0 aliphatic carbocycles. The van der Waals surface area contributed by atoms with E-state index in [-0.39, 0.29) is 11.8 Å². The normalized spacial score (nSPS) is 21.6. The van der Waals surface area contributed by atoms with Crippen molar-refractivity contribution < 1.29 is 9.59 Å². The number of carbonyl (C=O) groups excluding carboxylic acids is 2. The predicted molar refractivity (Wildman–Crippen MR) is 134 cm³/mol. The van der Waals surface area contributed by atoms with Gasteiger partial charge in [-0.3, -0.25) is 19.2 Å². The molecule has 2 unspecified atom stereocenters. The molecule has 2 atom stereocenters. The number of aryl methyl sites for hydroxylation is 2. The fourth-order valence-corrected chi connectivity index (χ4v) is 5.75. The molecule has 1 aromatic heterocycles. The number of fused-ring (bicyclic) bond motifs is 3. The summed E-state index contributed by atoms with van der Waals surface area (Å²) in [4.78, 5) is 33.2. The molecule has 1 fully saturated rings. The Hall–Kier alpha value is -2.67. The highest BCUT2D eigenvalue weighted by atomic mass is 16.2. The van der Waals surface area contributed by atoms with E-state index in [1.807, 2.05) is 52.7 Å². The summed E-state index contributed by atoms with van der Waals surface area (Å²) in [5.41, 5.74) is 3.08. The zero-order valence-corrected chi connectivity index (χ0v) is 20.9. The lowest BCUT2D eigenvalue weighted by atomic mass is 9.93. The second kappa shape index (κ2) is 11.2. The Morgan fingerprint density at radius 1 is 1.03 bits per heavy atom. The van der Waals surface area contributed by atoms with Gasteiger partial charge in [0.15, 0.2) is 0 Å². The first-order valence-electron chi connectivity index (χ1n) is 12.9. The summed E-state index contributed by atoms with van der Waals surface area (Å²) in [5.74, 6) is 0.318. The molecule has 0 radical (unpaired) electrons. The number of aromatic nitrogens is 2. The molecular weight excluding hydrogens is 426 g/mol. The van der Waals surface area contributed by atoms with Gasteiger partial charge in [-0.1, -0.05) is 38.5 Å². The van der Waals surface area contributed by atoms with E-state index in [1.165, 1.54) is 6.42 Å². The number of rotatable bonds is 5. The third-order valence-corrected chi connectivity index (χ3v) is 7.61. The molecule has 2 bridgehead atoms. The van der Waals surface area contributed by atoms with Crippen LogP contribution >= 0.6 is 0 Å². The van der Waals surface area contributed by atoms with Gasteiger partial charge in [0.25, 0.3) is 0 Å². The van der Waals surface area contributed by atoms with Crippen LogP contribution in [-0.4, -0.2) is 63.1 Å². The Kier molecular flexibility index (Phi) is 8.03. The smallest absolute Gasteiger partial charge is 0.226 e. The van der Waals surface area contributed by atoms with Gasteiger partial charge in [-0.2, -0.15) is 5.10 Å². The standard InChI is InChI=1S/C27H39N5O2/c1-4-26(33)32-18-16-23-10-8-11-24(31(23)5-2)20-30(19-21-9-6-7-12-25(21)32)27(34)14-13-22-15-17-28-29(22)3/h6-7,9,12,15,17,23-24H,4-5,8,10-11,13-14,16,18-20H2,1-3H3. The summed E-state index contributed by atoms with van der Waals surface area (Å²) in [6.45, 7) is 7.13. The summed E-state index contributed by atoms with van der Waals surface area (Å²) in [6.07, 6.45) is 7.83. The van der Waals surface area contributed by atoms with Gasteiger partial charge in [0.1, 0.15) is 0 Å². The summed E-state index contributed by atoms with van der Waals surface area (Å²) in [6, 6.07) is 10.9. The van der Waals surface area contributed by atoms with Crippen LogP contribution in [0.15, 0.2) is 36.5 Å². The van der Waals surface area contributed by atoms with Crippen LogP contribution in [0.2, 0.25) is 0 Å². The van der Waals surface area contributed by atoms with Crippen molar-refractivity contribution in [3.8, 4) is 0 Å². The van der Waals surface area contributed by atoms with Gasteiger partial charge in [-0.25, -0.2) is 0 Å². The lowest BCUT2D eigenvalue weighted by Gasteiger charge is -2.43. The van der Waals surface area contributed by atoms with E-state index in [2.05, 4.69) is 23.0 Å². The van der Waals surface area contributed by atoms with Gasteiger partial charge in [0.05, 0.1) is 0 Å². The summed E-state index contributed by atoms with van der Waals surface area (Å²) in [7, 11) is 1.92. The fourth-order valence-electron chi connectivity index (χ4n) is 5.75. The van der Waals surface area contributed by atoms with Crippen molar-refractivity contribution in [2.24, 2.45) is 7.05 Å². The van der Waals surface area contributed by atoms with E-state index >= 15 is 0 Å². The summed E-state index contributed by atoms with van der Waals surface area (Å²) < 4.78 is 1.84. The highest BCUT2D eigenvalue weighted by molar-refractivity contribution is 5.94. The maximum atomic E-state index is 13.6. The van der Waals surface area contributed by atoms with E-state index in [0.29, 0.717) is 37.9 Å². The van der Waals surface area contributed by atoms with E-state index in [9.17, 15) is 9.59 Å². The number of piperidine rings is 1. The molecule has 2 aromatic rings. The van der Waals surface area contributed by atoms with Crippen molar-refractivity contribution in [3.05, 3.63) is 47.8 Å². The second-order valence-electron chi connectivity index (χ2n) is 9.61. The van der Waals surface area contributed by atoms with Crippen LogP contribution in [0.1, 0.15) is 63.6 Å². The minimum atomic E-state index is 0.149. The van der Waals surface area contributed by atoms with Crippen LogP contribution in [0.3, 0.4) is 0 Å². The molecule has 34 heavy (non-hydrogen) atoms. The third kappa shape index (κ3) is 5.35. The lowest BCUT2D eigenvalue weighted by molar-refractivity contribution is -0.133. The zero-order chi connectivity index (χ0) is 24.1. The van der Waals surface area contributed by atoms with Crippen molar-refractivity contribution in [2.75, 3.05) is 24.5 Å². The van der Waals surface area contributed by atoms with Gasteiger partial charge in [-0.05, 0) is 49.9 Å². The minimum absolute atomic E-state index is 0.149. The summed E-state index contributed by atoms with van der Waals surface area (Å²) in [5, 5.41) is 4.24. The first-order valence-corrected chi connectivity index (χ1v) is 12.9. The fraction of sp³-hybridized carbons (Fsp3) is 0.593. The third-order valence-electron chi connectivity index (χ3n) is 7.61. The van der Waals surface area contributed by atoms with Crippen molar-refractivity contribution in [1.29, 1.82) is 0 Å². The average Bonchev–Trinajstić information content (AvgIpc) is 3.26. The first kappa shape index (κ1) is 24.5. The SMILES string of the molecule is CCC(=O)N1CCC2CCCC(CN(C(=O)CCc3ccnn3C)Cc3ccccc31)N2CC. The Bertz CT molecular complexity index is 987. The largest absolute Gasteiger partial charge is 0.337 e. The monoisotopic (exact) mass is 465 g/mol. The minimum Gasteiger partial charge on any atom is -0.337 e. The topological polar surface area (TPSA) is 61.7 Å². The molecule has 7 nitrogen and oxygen atoms in total. The number of carbonyl (C=O) groups is 2. The summed E-state index contributed by atoms with van der Waals surface area (Å²) >= 11 is 0. The second-order valence-corrected chi connectivity index (χ2v) is 9.61. The number of amides is 2. The Morgan fingerprint density at radius 2 is 1.82 bits per heavy atom. The van der Waals surface area contributed by atoms with Crippen molar-refractivity contribution in [1.82, 2.24) is 19.6 Å². The van der Waals surface area contributed by atoms with Gasteiger partial charge < -0.3 is 9.80 Å². The highest BCUT2D eigenvalue weighted by Gasteiger charge is 2.33.